The van der Waals surface area contributed by atoms with E-state index in [1.807, 2.05) is 6.20 Å². The highest BCUT2D eigenvalue weighted by Gasteiger charge is 2.36. The molecule has 0 spiro atoms. The number of carboxylic acids is 1. The van der Waals surface area contributed by atoms with Crippen molar-refractivity contribution in [2.75, 3.05) is 5.73 Å². The Morgan fingerprint density at radius 1 is 1.58 bits per heavy atom. The lowest BCUT2D eigenvalue weighted by Crippen LogP contribution is -2.33. The molecule has 0 aliphatic carbocycles. The summed E-state index contributed by atoms with van der Waals surface area (Å²) in [5.41, 5.74) is 6.46. The summed E-state index contributed by atoms with van der Waals surface area (Å²) in [5.74, 6) is -0.710. The van der Waals surface area contributed by atoms with Gasteiger partial charge in [-0.25, -0.2) is 4.68 Å². The predicted octanol–water partition coefficient (Wildman–Crippen LogP) is -0.365. The number of nitrogen functional groups attached to an aromatic ring is 1. The molecule has 0 fully saturated rings. The maximum Gasteiger partial charge on any atom is 0.307 e. The van der Waals surface area contributed by atoms with Crippen LogP contribution in [0.5, 0.6) is 0 Å². The quantitative estimate of drug-likeness (QED) is 0.764. The Kier molecular flexibility index (Phi) is 2.51. The summed E-state index contributed by atoms with van der Waals surface area (Å²) in [7, 11) is 1.81. The van der Waals surface area contributed by atoms with Crippen LogP contribution in [0.2, 0.25) is 0 Å². The van der Waals surface area contributed by atoms with E-state index in [1.165, 1.54) is 0 Å². The number of carbonyl (C=O) groups is 1. The molecule has 1 aliphatic rings. The van der Waals surface area contributed by atoms with Crippen LogP contribution in [-0.4, -0.2) is 35.6 Å². The first-order valence-electron chi connectivity index (χ1n) is 5.95. The number of hydrogen-bond donors (Lipinski definition) is 2. The molecule has 2 atom stereocenters. The van der Waals surface area contributed by atoms with Crippen LogP contribution in [0.15, 0.2) is 12.4 Å². The molecular weight excluding hydrogens is 248 g/mol. The number of fused-ring (bicyclic) bond motifs is 1. The van der Waals surface area contributed by atoms with Gasteiger partial charge in [0.25, 0.3) is 0 Å². The molecule has 1 aliphatic heterocycles. The molecule has 3 rings (SSSR count). The number of rotatable bonds is 2. The van der Waals surface area contributed by atoms with Gasteiger partial charge in [0, 0.05) is 25.6 Å². The van der Waals surface area contributed by atoms with Crippen molar-refractivity contribution in [3.63, 3.8) is 0 Å². The van der Waals surface area contributed by atoms with Crippen LogP contribution < -0.4 is 5.73 Å². The molecule has 0 saturated heterocycles. The van der Waals surface area contributed by atoms with Crippen molar-refractivity contribution in [2.45, 2.75) is 18.9 Å². The van der Waals surface area contributed by atoms with Crippen LogP contribution in [0.4, 0.5) is 5.95 Å². The third-order valence-corrected chi connectivity index (χ3v) is 3.49. The van der Waals surface area contributed by atoms with Gasteiger partial charge in [0.1, 0.15) is 5.82 Å². The van der Waals surface area contributed by atoms with Gasteiger partial charge in [-0.1, -0.05) is 0 Å². The maximum atomic E-state index is 11.4. The maximum absolute atomic E-state index is 11.4. The summed E-state index contributed by atoms with van der Waals surface area (Å²) in [6.07, 6.45) is 3.87. The van der Waals surface area contributed by atoms with Gasteiger partial charge in [-0.15, -0.1) is 5.10 Å². The number of hydrogen-bond acceptors (Lipinski definition) is 5. The lowest BCUT2D eigenvalue weighted by atomic mass is 9.83. The Bertz CT molecular complexity index is 631. The minimum Gasteiger partial charge on any atom is -0.481 e. The molecule has 0 amide bonds. The molecule has 100 valence electrons. The highest BCUT2D eigenvalue weighted by atomic mass is 16.4. The summed E-state index contributed by atoms with van der Waals surface area (Å²) < 4.78 is 3.35. The van der Waals surface area contributed by atoms with Crippen molar-refractivity contribution in [3.8, 4) is 0 Å². The van der Waals surface area contributed by atoms with Crippen LogP contribution >= 0.6 is 0 Å². The molecular formula is C11H14N6O2. The summed E-state index contributed by atoms with van der Waals surface area (Å²) in [6.45, 7) is 0.461. The Morgan fingerprint density at radius 3 is 3.00 bits per heavy atom. The Hall–Kier alpha value is -2.38. The van der Waals surface area contributed by atoms with E-state index < -0.39 is 11.9 Å². The average molecular weight is 262 g/mol. The van der Waals surface area contributed by atoms with Crippen molar-refractivity contribution < 1.29 is 9.90 Å². The molecule has 2 aromatic rings. The second-order valence-electron chi connectivity index (χ2n) is 4.77. The van der Waals surface area contributed by atoms with E-state index in [1.54, 1.807) is 22.6 Å². The summed E-state index contributed by atoms with van der Waals surface area (Å²) in [6, 6.07) is 0. The van der Waals surface area contributed by atoms with Crippen molar-refractivity contribution in [1.82, 2.24) is 24.5 Å². The van der Waals surface area contributed by atoms with Crippen LogP contribution in [0.1, 0.15) is 17.3 Å². The number of aliphatic carboxylic acids is 1. The first-order valence-corrected chi connectivity index (χ1v) is 5.95. The van der Waals surface area contributed by atoms with Gasteiger partial charge in [-0.2, -0.15) is 10.1 Å². The van der Waals surface area contributed by atoms with Gasteiger partial charge in [-0.3, -0.25) is 9.48 Å². The molecule has 19 heavy (non-hydrogen) atoms. The third-order valence-electron chi connectivity index (χ3n) is 3.49. The number of aryl methyl sites for hydroxylation is 1. The standard InChI is InChI=1S/C11H14N6O2/c1-16-4-6(3-13-16)8-5-17-9(14-11(12)15-17)2-7(8)10(18)19/h3-4,7-8H,2,5H2,1H3,(H2,12,15)(H,18,19). The smallest absolute Gasteiger partial charge is 0.307 e. The second-order valence-corrected chi connectivity index (χ2v) is 4.77. The van der Waals surface area contributed by atoms with E-state index in [-0.39, 0.29) is 11.9 Å². The average Bonchev–Trinajstić information content (AvgIpc) is 2.91. The topological polar surface area (TPSA) is 112 Å². The van der Waals surface area contributed by atoms with Crippen molar-refractivity contribution in [1.29, 1.82) is 0 Å². The molecule has 0 saturated carbocycles. The zero-order chi connectivity index (χ0) is 13.6. The fourth-order valence-electron chi connectivity index (χ4n) is 2.57. The summed E-state index contributed by atoms with van der Waals surface area (Å²) >= 11 is 0. The number of nitrogens with zero attached hydrogens (tertiary/aromatic N) is 5. The second kappa shape index (κ2) is 4.08. The Balaban J connectivity index is 2.00. The van der Waals surface area contributed by atoms with Crippen LogP contribution in [0.25, 0.3) is 0 Å². The molecule has 3 heterocycles. The third kappa shape index (κ3) is 1.94. The van der Waals surface area contributed by atoms with E-state index in [9.17, 15) is 9.90 Å². The summed E-state index contributed by atoms with van der Waals surface area (Å²) in [5, 5.41) is 17.6. The highest BCUT2D eigenvalue weighted by Crippen LogP contribution is 2.33. The predicted molar refractivity (Wildman–Crippen MR) is 65.2 cm³/mol. The molecule has 0 aromatic carbocycles. The lowest BCUT2D eigenvalue weighted by molar-refractivity contribution is -0.143. The monoisotopic (exact) mass is 262 g/mol. The van der Waals surface area contributed by atoms with E-state index in [0.717, 1.165) is 5.56 Å². The largest absolute Gasteiger partial charge is 0.481 e. The number of anilines is 1. The number of carboxylic acid groups (broad SMARTS) is 1. The molecule has 0 bridgehead atoms. The van der Waals surface area contributed by atoms with E-state index in [4.69, 9.17) is 5.73 Å². The fourth-order valence-corrected chi connectivity index (χ4v) is 2.57. The lowest BCUT2D eigenvalue weighted by Gasteiger charge is -2.27. The highest BCUT2D eigenvalue weighted by molar-refractivity contribution is 5.72. The minimum absolute atomic E-state index is 0.167. The van der Waals surface area contributed by atoms with Gasteiger partial charge < -0.3 is 10.8 Å². The zero-order valence-electron chi connectivity index (χ0n) is 10.4. The Labute approximate surface area is 108 Å². The van der Waals surface area contributed by atoms with E-state index >= 15 is 0 Å². The van der Waals surface area contributed by atoms with E-state index in [2.05, 4.69) is 15.2 Å². The number of nitrogens with two attached hydrogens (primary N) is 1. The van der Waals surface area contributed by atoms with Crippen LogP contribution in [0.3, 0.4) is 0 Å². The Morgan fingerprint density at radius 2 is 2.37 bits per heavy atom. The van der Waals surface area contributed by atoms with Gasteiger partial charge in [-0.05, 0) is 5.56 Å². The van der Waals surface area contributed by atoms with Gasteiger partial charge >= 0.3 is 5.97 Å². The fraction of sp³-hybridized carbons (Fsp3) is 0.455. The molecule has 2 aromatic heterocycles. The molecule has 2 unspecified atom stereocenters. The van der Waals surface area contributed by atoms with Gasteiger partial charge in [0.15, 0.2) is 0 Å². The molecule has 8 heteroatoms. The molecule has 3 N–H and O–H groups in total. The van der Waals surface area contributed by atoms with E-state index in [0.29, 0.717) is 18.8 Å². The molecule has 8 nitrogen and oxygen atoms in total. The van der Waals surface area contributed by atoms with Crippen molar-refractivity contribution >= 4 is 11.9 Å². The van der Waals surface area contributed by atoms with Gasteiger partial charge in [0.05, 0.1) is 18.7 Å². The molecule has 0 radical (unpaired) electrons. The first-order chi connectivity index (χ1) is 9.04. The number of aromatic nitrogens is 5. The van der Waals surface area contributed by atoms with Crippen molar-refractivity contribution in [2.24, 2.45) is 13.0 Å². The zero-order valence-corrected chi connectivity index (χ0v) is 10.4. The van der Waals surface area contributed by atoms with Crippen molar-refractivity contribution in [3.05, 3.63) is 23.8 Å². The summed E-state index contributed by atoms with van der Waals surface area (Å²) in [4.78, 5) is 15.5. The first kappa shape index (κ1) is 11.7. The SMILES string of the molecule is Cn1cc(C2Cn3nc(N)nc3CC2C(=O)O)cn1. The van der Waals surface area contributed by atoms with Crippen LogP contribution in [-0.2, 0) is 24.8 Å². The van der Waals surface area contributed by atoms with Crippen LogP contribution in [0, 0.1) is 5.92 Å². The normalized spacial score (nSPS) is 22.2. The van der Waals surface area contributed by atoms with Gasteiger partial charge in [0.2, 0.25) is 5.95 Å². The minimum atomic E-state index is -0.832.